The number of hydrogen-bond donors (Lipinski definition) is 0. The molecule has 3 heterocycles. The van der Waals surface area contributed by atoms with Crippen molar-refractivity contribution in [1.82, 2.24) is 14.7 Å². The normalized spacial score (nSPS) is 27.8. The molecule has 0 aromatic heterocycles. The fourth-order valence-electron chi connectivity index (χ4n) is 4.65. The monoisotopic (exact) mass is 343 g/mol. The van der Waals surface area contributed by atoms with Crippen LogP contribution in [0.4, 0.5) is 4.79 Å². The molecule has 3 saturated heterocycles. The second-order valence-corrected chi connectivity index (χ2v) is 7.54. The van der Waals surface area contributed by atoms with Crippen LogP contribution in [0.25, 0.3) is 0 Å². The lowest BCUT2D eigenvalue weighted by atomic mass is 9.83. The minimum atomic E-state index is 0.224. The fourth-order valence-corrected chi connectivity index (χ4v) is 4.65. The Morgan fingerprint density at radius 3 is 2.60 bits per heavy atom. The van der Waals surface area contributed by atoms with E-state index in [0.29, 0.717) is 25.2 Å². The smallest absolute Gasteiger partial charge is 0.320 e. The van der Waals surface area contributed by atoms with E-state index in [4.69, 9.17) is 4.74 Å². The van der Waals surface area contributed by atoms with Crippen LogP contribution < -0.4 is 0 Å². The number of likely N-dealkylation sites (tertiary alicyclic amines) is 2. The van der Waals surface area contributed by atoms with Gasteiger partial charge in [0.15, 0.2) is 0 Å². The van der Waals surface area contributed by atoms with E-state index in [1.165, 1.54) is 24.9 Å². The number of amides is 2. The topological polar surface area (TPSA) is 36.0 Å². The van der Waals surface area contributed by atoms with Gasteiger partial charge in [0.05, 0.1) is 13.2 Å². The molecule has 0 bridgehead atoms. The van der Waals surface area contributed by atoms with Crippen LogP contribution in [0.15, 0.2) is 30.3 Å². The summed E-state index contributed by atoms with van der Waals surface area (Å²) < 4.78 is 5.37. The summed E-state index contributed by atoms with van der Waals surface area (Å²) in [6.45, 7) is 6.88. The first-order valence-corrected chi connectivity index (χ1v) is 9.71. The summed E-state index contributed by atoms with van der Waals surface area (Å²) in [7, 11) is 0. The SMILES string of the molecule is O=C(N1CCOCC1)N1CC[C@H]2[C@H](CCCN2Cc2ccccc2)C1. The van der Waals surface area contributed by atoms with Crippen molar-refractivity contribution in [3.63, 3.8) is 0 Å². The Labute approximate surface area is 150 Å². The number of fused-ring (bicyclic) bond motifs is 1. The van der Waals surface area contributed by atoms with Crippen LogP contribution in [0.2, 0.25) is 0 Å². The van der Waals surface area contributed by atoms with Gasteiger partial charge in [0.2, 0.25) is 0 Å². The van der Waals surface area contributed by atoms with Gasteiger partial charge < -0.3 is 14.5 Å². The summed E-state index contributed by atoms with van der Waals surface area (Å²) >= 11 is 0. The molecule has 0 radical (unpaired) electrons. The first-order valence-electron chi connectivity index (χ1n) is 9.71. The molecule has 25 heavy (non-hydrogen) atoms. The second kappa shape index (κ2) is 7.75. The highest BCUT2D eigenvalue weighted by atomic mass is 16.5. The number of rotatable bonds is 2. The van der Waals surface area contributed by atoms with Crippen molar-refractivity contribution in [3.05, 3.63) is 35.9 Å². The molecule has 3 fully saturated rings. The lowest BCUT2D eigenvalue weighted by molar-refractivity contribution is 0.0105. The zero-order valence-corrected chi connectivity index (χ0v) is 15.0. The van der Waals surface area contributed by atoms with Crippen molar-refractivity contribution in [2.24, 2.45) is 5.92 Å². The third-order valence-electron chi connectivity index (χ3n) is 5.96. The highest BCUT2D eigenvalue weighted by Gasteiger charge is 2.38. The summed E-state index contributed by atoms with van der Waals surface area (Å²) in [5.74, 6) is 0.621. The predicted octanol–water partition coefficient (Wildman–Crippen LogP) is 2.43. The van der Waals surface area contributed by atoms with E-state index in [-0.39, 0.29) is 6.03 Å². The van der Waals surface area contributed by atoms with Gasteiger partial charge in [-0.1, -0.05) is 30.3 Å². The van der Waals surface area contributed by atoms with Crippen molar-refractivity contribution in [2.45, 2.75) is 31.8 Å². The molecule has 0 spiro atoms. The molecular weight excluding hydrogens is 314 g/mol. The predicted molar refractivity (Wildman–Crippen MR) is 97.3 cm³/mol. The molecule has 136 valence electrons. The van der Waals surface area contributed by atoms with Gasteiger partial charge >= 0.3 is 6.03 Å². The minimum absolute atomic E-state index is 0.224. The van der Waals surface area contributed by atoms with Gasteiger partial charge in [-0.05, 0) is 37.3 Å². The Balaban J connectivity index is 1.37. The lowest BCUT2D eigenvalue weighted by Gasteiger charge is -2.48. The number of piperidine rings is 2. The van der Waals surface area contributed by atoms with Gasteiger partial charge in [-0.3, -0.25) is 4.90 Å². The molecule has 1 aromatic carbocycles. The highest BCUT2D eigenvalue weighted by molar-refractivity contribution is 5.74. The maximum Gasteiger partial charge on any atom is 0.320 e. The van der Waals surface area contributed by atoms with E-state index in [2.05, 4.69) is 40.1 Å². The second-order valence-electron chi connectivity index (χ2n) is 7.54. The van der Waals surface area contributed by atoms with Gasteiger partial charge in [0.1, 0.15) is 0 Å². The lowest BCUT2D eigenvalue weighted by Crippen LogP contribution is -2.57. The van der Waals surface area contributed by atoms with E-state index in [1.807, 2.05) is 4.90 Å². The molecule has 4 rings (SSSR count). The van der Waals surface area contributed by atoms with Gasteiger partial charge in [0.25, 0.3) is 0 Å². The average molecular weight is 343 g/mol. The Hall–Kier alpha value is -1.59. The Morgan fingerprint density at radius 1 is 1.00 bits per heavy atom. The molecule has 0 aliphatic carbocycles. The molecule has 3 aliphatic rings. The maximum absolute atomic E-state index is 12.8. The van der Waals surface area contributed by atoms with Crippen LogP contribution in [0.1, 0.15) is 24.8 Å². The average Bonchev–Trinajstić information content (AvgIpc) is 2.69. The van der Waals surface area contributed by atoms with Crippen molar-refractivity contribution in [3.8, 4) is 0 Å². The minimum Gasteiger partial charge on any atom is -0.378 e. The molecular formula is C20H29N3O2. The zero-order valence-electron chi connectivity index (χ0n) is 15.0. The number of morpholine rings is 1. The zero-order chi connectivity index (χ0) is 17.1. The third-order valence-corrected chi connectivity index (χ3v) is 5.96. The Kier molecular flexibility index (Phi) is 5.22. The first-order chi connectivity index (χ1) is 12.3. The van der Waals surface area contributed by atoms with Crippen LogP contribution >= 0.6 is 0 Å². The Bertz CT molecular complexity index is 574. The van der Waals surface area contributed by atoms with Crippen LogP contribution in [-0.2, 0) is 11.3 Å². The quantitative estimate of drug-likeness (QED) is 0.827. The number of hydrogen-bond acceptors (Lipinski definition) is 3. The van der Waals surface area contributed by atoms with E-state index in [1.54, 1.807) is 0 Å². The Morgan fingerprint density at radius 2 is 1.80 bits per heavy atom. The van der Waals surface area contributed by atoms with Gasteiger partial charge in [0, 0.05) is 38.8 Å². The third kappa shape index (κ3) is 3.82. The summed E-state index contributed by atoms with van der Waals surface area (Å²) in [6, 6.07) is 11.6. The van der Waals surface area contributed by atoms with E-state index in [9.17, 15) is 4.79 Å². The number of ether oxygens (including phenoxy) is 1. The van der Waals surface area contributed by atoms with Crippen molar-refractivity contribution in [1.29, 1.82) is 0 Å². The van der Waals surface area contributed by atoms with Crippen molar-refractivity contribution in [2.75, 3.05) is 45.9 Å². The van der Waals surface area contributed by atoms with Crippen LogP contribution in [-0.4, -0.2) is 72.7 Å². The van der Waals surface area contributed by atoms with E-state index >= 15 is 0 Å². The standard InChI is InChI=1S/C20H29N3O2/c24-20(21-11-13-25-14-12-21)23-10-8-19-18(16-23)7-4-9-22(19)15-17-5-2-1-3-6-17/h1-3,5-6,18-19H,4,7-16H2/t18-,19+/m1/s1. The summed E-state index contributed by atoms with van der Waals surface area (Å²) in [4.78, 5) is 19.5. The van der Waals surface area contributed by atoms with Gasteiger partial charge in [-0.15, -0.1) is 0 Å². The maximum atomic E-state index is 12.8. The molecule has 1 aromatic rings. The number of carbonyl (C=O) groups is 1. The van der Waals surface area contributed by atoms with Crippen molar-refractivity contribution < 1.29 is 9.53 Å². The highest BCUT2D eigenvalue weighted by Crippen LogP contribution is 2.32. The van der Waals surface area contributed by atoms with Crippen LogP contribution in [0.3, 0.4) is 0 Å². The van der Waals surface area contributed by atoms with E-state index in [0.717, 1.165) is 39.1 Å². The van der Waals surface area contributed by atoms with Crippen LogP contribution in [0, 0.1) is 5.92 Å². The largest absolute Gasteiger partial charge is 0.378 e. The van der Waals surface area contributed by atoms with Crippen LogP contribution in [0.5, 0.6) is 0 Å². The van der Waals surface area contributed by atoms with Crippen molar-refractivity contribution >= 4 is 6.03 Å². The molecule has 2 atom stereocenters. The molecule has 0 unspecified atom stereocenters. The summed E-state index contributed by atoms with van der Waals surface area (Å²) in [5, 5.41) is 0. The van der Waals surface area contributed by atoms with Gasteiger partial charge in [-0.2, -0.15) is 0 Å². The molecule has 5 heteroatoms. The first kappa shape index (κ1) is 16.9. The fraction of sp³-hybridized carbons (Fsp3) is 0.650. The van der Waals surface area contributed by atoms with E-state index < -0.39 is 0 Å². The number of carbonyl (C=O) groups excluding carboxylic acids is 1. The molecule has 3 aliphatic heterocycles. The summed E-state index contributed by atoms with van der Waals surface area (Å²) in [5.41, 5.74) is 1.40. The molecule has 2 amide bonds. The number of urea groups is 1. The molecule has 0 saturated carbocycles. The number of nitrogens with zero attached hydrogens (tertiary/aromatic N) is 3. The number of benzene rings is 1. The summed E-state index contributed by atoms with van der Waals surface area (Å²) in [6.07, 6.45) is 3.60. The molecule has 0 N–H and O–H groups in total. The molecule has 5 nitrogen and oxygen atoms in total. The van der Waals surface area contributed by atoms with Gasteiger partial charge in [-0.25, -0.2) is 4.79 Å².